The Labute approximate surface area is 91.6 Å². The molecule has 1 rings (SSSR count). The second kappa shape index (κ2) is 6.06. The third-order valence-corrected chi connectivity index (χ3v) is 3.48. The van der Waals surface area contributed by atoms with Crippen molar-refractivity contribution in [1.82, 2.24) is 4.90 Å². The largest absolute Gasteiger partial charge is 0.343 e. The Hall–Kier alpha value is -0.630. The molecular formula is C11H18NO2P. The monoisotopic (exact) mass is 227 g/mol. The highest BCUT2D eigenvalue weighted by Gasteiger charge is 2.08. The maximum Gasteiger partial charge on any atom is 0.218 e. The Bertz CT molecular complexity index is 337. The van der Waals surface area contributed by atoms with Crippen molar-refractivity contribution in [2.75, 3.05) is 13.1 Å². The molecule has 0 fully saturated rings. The van der Waals surface area contributed by atoms with Gasteiger partial charge in [0.25, 0.3) is 0 Å². The summed E-state index contributed by atoms with van der Waals surface area (Å²) in [5.41, 5.74) is 0.965. The second-order valence-corrected chi connectivity index (χ2v) is 4.57. The van der Waals surface area contributed by atoms with Crippen LogP contribution in [0, 0.1) is 0 Å². The molecule has 0 saturated carbocycles. The molecule has 0 radical (unpaired) electrons. The number of hydrogen-bond donors (Lipinski definition) is 1. The maximum absolute atomic E-state index is 11.1. The van der Waals surface area contributed by atoms with Crippen LogP contribution < -0.4 is 5.30 Å². The lowest BCUT2D eigenvalue weighted by Crippen LogP contribution is -2.24. The first kappa shape index (κ1) is 12.4. The van der Waals surface area contributed by atoms with Crippen LogP contribution in [0.15, 0.2) is 24.3 Å². The van der Waals surface area contributed by atoms with Crippen LogP contribution in [0.2, 0.25) is 0 Å². The minimum Gasteiger partial charge on any atom is -0.343 e. The topological polar surface area (TPSA) is 40.5 Å². The van der Waals surface area contributed by atoms with E-state index in [2.05, 4.69) is 18.7 Å². The van der Waals surface area contributed by atoms with Gasteiger partial charge in [-0.2, -0.15) is 0 Å². The molecule has 0 saturated heterocycles. The van der Waals surface area contributed by atoms with Crippen molar-refractivity contribution < 1.29 is 9.46 Å². The molecule has 0 aromatic heterocycles. The highest BCUT2D eigenvalue weighted by atomic mass is 31.1. The molecule has 4 heteroatoms. The van der Waals surface area contributed by atoms with Gasteiger partial charge in [0, 0.05) is 11.8 Å². The molecule has 0 spiro atoms. The fourth-order valence-corrected chi connectivity index (χ4v) is 2.23. The molecule has 15 heavy (non-hydrogen) atoms. The lowest BCUT2D eigenvalue weighted by atomic mass is 10.2. The molecule has 0 aliphatic rings. The molecule has 0 aliphatic carbocycles. The van der Waals surface area contributed by atoms with Crippen LogP contribution in [0.1, 0.15) is 19.4 Å². The zero-order valence-corrected chi connectivity index (χ0v) is 10.2. The van der Waals surface area contributed by atoms with Crippen molar-refractivity contribution in [3.8, 4) is 0 Å². The van der Waals surface area contributed by atoms with E-state index in [1.165, 1.54) is 0 Å². The first-order valence-electron chi connectivity index (χ1n) is 5.22. The number of benzene rings is 1. The fourth-order valence-electron chi connectivity index (χ4n) is 1.55. The van der Waals surface area contributed by atoms with Crippen LogP contribution in [0.5, 0.6) is 0 Å². The van der Waals surface area contributed by atoms with Gasteiger partial charge in [-0.15, -0.1) is 0 Å². The van der Waals surface area contributed by atoms with Gasteiger partial charge >= 0.3 is 0 Å². The lowest BCUT2D eigenvalue weighted by molar-refractivity contribution is 0.296. The lowest BCUT2D eigenvalue weighted by Gasteiger charge is -2.19. The summed E-state index contributed by atoms with van der Waals surface area (Å²) >= 11 is 0. The predicted octanol–water partition coefficient (Wildman–Crippen LogP) is 1.62. The van der Waals surface area contributed by atoms with E-state index >= 15 is 0 Å². The molecule has 0 aliphatic heterocycles. The van der Waals surface area contributed by atoms with E-state index in [0.29, 0.717) is 5.30 Å². The van der Waals surface area contributed by atoms with Gasteiger partial charge in [-0.1, -0.05) is 32.0 Å². The standard InChI is InChI=1S/C11H18NO2P/c1-3-12(4-2)9-10-7-5-6-8-11(10)15(13)14/h5-8,15H,3-4,9H2,1-2H3,(H,13,14). The molecular weight excluding hydrogens is 209 g/mol. The van der Waals surface area contributed by atoms with Gasteiger partial charge in [0.2, 0.25) is 8.03 Å². The van der Waals surface area contributed by atoms with Gasteiger partial charge < -0.3 is 4.89 Å². The Morgan fingerprint density at radius 1 is 1.27 bits per heavy atom. The molecule has 84 valence electrons. The molecule has 1 aromatic carbocycles. The Balaban J connectivity index is 2.88. The fraction of sp³-hybridized carbons (Fsp3) is 0.455. The van der Waals surface area contributed by atoms with Gasteiger partial charge in [-0.25, -0.2) is 0 Å². The van der Waals surface area contributed by atoms with Crippen molar-refractivity contribution in [2.24, 2.45) is 0 Å². The molecule has 1 aromatic rings. The second-order valence-electron chi connectivity index (χ2n) is 3.42. The van der Waals surface area contributed by atoms with E-state index in [0.717, 1.165) is 25.2 Å². The first-order chi connectivity index (χ1) is 7.19. The Morgan fingerprint density at radius 2 is 1.87 bits per heavy atom. The SMILES string of the molecule is CCN(CC)Cc1ccccc1[PH](=O)O. The summed E-state index contributed by atoms with van der Waals surface area (Å²) in [5.74, 6) is 0. The minimum absolute atomic E-state index is 0.592. The predicted molar refractivity (Wildman–Crippen MR) is 63.9 cm³/mol. The van der Waals surface area contributed by atoms with Crippen molar-refractivity contribution in [3.63, 3.8) is 0 Å². The van der Waals surface area contributed by atoms with Crippen LogP contribution in [-0.4, -0.2) is 22.9 Å². The molecule has 1 atom stereocenters. The van der Waals surface area contributed by atoms with E-state index < -0.39 is 8.03 Å². The van der Waals surface area contributed by atoms with Crippen molar-refractivity contribution >= 4 is 13.3 Å². The summed E-state index contributed by atoms with van der Waals surface area (Å²) in [4.78, 5) is 11.4. The highest BCUT2D eigenvalue weighted by molar-refractivity contribution is 7.47. The molecule has 3 nitrogen and oxygen atoms in total. The molecule has 1 unspecified atom stereocenters. The zero-order chi connectivity index (χ0) is 11.3. The van der Waals surface area contributed by atoms with Crippen molar-refractivity contribution in [2.45, 2.75) is 20.4 Å². The highest BCUT2D eigenvalue weighted by Crippen LogP contribution is 2.17. The molecule has 1 N–H and O–H groups in total. The van der Waals surface area contributed by atoms with Gasteiger partial charge in [0.15, 0.2) is 0 Å². The van der Waals surface area contributed by atoms with Crippen molar-refractivity contribution in [3.05, 3.63) is 29.8 Å². The molecule has 0 amide bonds. The van der Waals surface area contributed by atoms with Crippen LogP contribution in [-0.2, 0) is 11.1 Å². The average molecular weight is 227 g/mol. The Morgan fingerprint density at radius 3 is 2.40 bits per heavy atom. The number of rotatable bonds is 5. The third kappa shape index (κ3) is 3.45. The molecule has 0 heterocycles. The third-order valence-electron chi connectivity index (χ3n) is 2.54. The van der Waals surface area contributed by atoms with Crippen LogP contribution in [0.25, 0.3) is 0 Å². The first-order valence-corrected chi connectivity index (χ1v) is 6.58. The Kier molecular flexibility index (Phi) is 5.03. The van der Waals surface area contributed by atoms with Crippen molar-refractivity contribution in [1.29, 1.82) is 0 Å². The number of hydrogen-bond acceptors (Lipinski definition) is 2. The van der Waals surface area contributed by atoms with Gasteiger partial charge in [0.1, 0.15) is 0 Å². The molecule has 0 bridgehead atoms. The summed E-state index contributed by atoms with van der Waals surface area (Å²) in [7, 11) is -2.58. The summed E-state index contributed by atoms with van der Waals surface area (Å²) in [6, 6.07) is 7.37. The van der Waals surface area contributed by atoms with Gasteiger partial charge in [0.05, 0.1) is 0 Å². The van der Waals surface area contributed by atoms with Crippen LogP contribution in [0.3, 0.4) is 0 Å². The normalized spacial score (nSPS) is 13.1. The summed E-state index contributed by atoms with van der Waals surface area (Å²) < 4.78 is 11.1. The van der Waals surface area contributed by atoms with Crippen LogP contribution in [0.4, 0.5) is 0 Å². The van der Waals surface area contributed by atoms with E-state index in [9.17, 15) is 9.46 Å². The summed E-state index contributed by atoms with van der Waals surface area (Å²) in [5, 5.41) is 0.592. The quantitative estimate of drug-likeness (QED) is 0.777. The van der Waals surface area contributed by atoms with Crippen LogP contribution >= 0.6 is 8.03 Å². The zero-order valence-electron chi connectivity index (χ0n) is 9.23. The van der Waals surface area contributed by atoms with E-state index in [4.69, 9.17) is 0 Å². The average Bonchev–Trinajstić information content (AvgIpc) is 2.26. The summed E-state index contributed by atoms with van der Waals surface area (Å²) in [6.07, 6.45) is 0. The minimum atomic E-state index is -2.58. The van der Waals surface area contributed by atoms with E-state index in [1.807, 2.05) is 12.1 Å². The number of nitrogens with zero attached hydrogens (tertiary/aromatic N) is 1. The smallest absolute Gasteiger partial charge is 0.218 e. The summed E-state index contributed by atoms with van der Waals surface area (Å²) in [6.45, 7) is 6.84. The van der Waals surface area contributed by atoms with Gasteiger partial charge in [-0.3, -0.25) is 9.46 Å². The van der Waals surface area contributed by atoms with Gasteiger partial charge in [-0.05, 0) is 24.7 Å². The van der Waals surface area contributed by atoms with E-state index in [-0.39, 0.29) is 0 Å². The van der Waals surface area contributed by atoms with E-state index in [1.54, 1.807) is 12.1 Å². The maximum atomic E-state index is 11.1.